The van der Waals surface area contributed by atoms with Gasteiger partial charge in [-0.3, -0.25) is 14.4 Å². The fraction of sp³-hybridized carbons (Fsp3) is 0.400. The van der Waals surface area contributed by atoms with Crippen LogP contribution in [0.2, 0.25) is 0 Å². The number of nitrogens with zero attached hydrogens (tertiary/aromatic N) is 1. The highest BCUT2D eigenvalue weighted by Gasteiger charge is 2.13. The average molecular weight is 388 g/mol. The van der Waals surface area contributed by atoms with Crippen LogP contribution in [0, 0.1) is 0 Å². The van der Waals surface area contributed by atoms with Gasteiger partial charge in [-0.15, -0.1) is 11.3 Å². The zero-order valence-electron chi connectivity index (χ0n) is 15.6. The van der Waals surface area contributed by atoms with Gasteiger partial charge in [0.25, 0.3) is 0 Å². The van der Waals surface area contributed by atoms with Crippen LogP contribution < -0.4 is 5.32 Å². The lowest BCUT2D eigenvalue weighted by atomic mass is 10.0. The number of anilines is 1. The Balaban J connectivity index is 1.79. The number of thiazole rings is 1. The summed E-state index contributed by atoms with van der Waals surface area (Å²) in [5.41, 5.74) is 2.37. The summed E-state index contributed by atoms with van der Waals surface area (Å²) in [5.74, 6) is -0.686. The standard InChI is InChI=1S/C20H24N2O4S/c1-3-5-14-6-8-15(9-7-14)17(23)10-11-18(24)22-20-21-16(13-27-20)12-19(25)26-4-2/h6-9,13H,3-5,10-12H2,1-2H3,(H,21,22,24). The van der Waals surface area contributed by atoms with Crippen molar-refractivity contribution < 1.29 is 19.1 Å². The molecule has 0 saturated carbocycles. The highest BCUT2D eigenvalue weighted by Crippen LogP contribution is 2.17. The number of ether oxygens (including phenoxy) is 1. The smallest absolute Gasteiger partial charge is 0.311 e. The van der Waals surface area contributed by atoms with E-state index in [1.54, 1.807) is 12.3 Å². The number of amides is 1. The van der Waals surface area contributed by atoms with Gasteiger partial charge >= 0.3 is 5.97 Å². The number of carbonyl (C=O) groups excluding carboxylic acids is 3. The molecule has 0 fully saturated rings. The second kappa shape index (κ2) is 10.6. The number of carbonyl (C=O) groups is 3. The monoisotopic (exact) mass is 388 g/mol. The van der Waals surface area contributed by atoms with Crippen molar-refractivity contribution in [1.82, 2.24) is 4.98 Å². The first-order valence-electron chi connectivity index (χ1n) is 9.03. The first-order chi connectivity index (χ1) is 13.0. The quantitative estimate of drug-likeness (QED) is 0.494. The third-order valence-corrected chi connectivity index (χ3v) is 4.63. The summed E-state index contributed by atoms with van der Waals surface area (Å²) >= 11 is 1.24. The predicted molar refractivity (Wildman–Crippen MR) is 105 cm³/mol. The molecule has 2 rings (SSSR count). The van der Waals surface area contributed by atoms with Crippen LogP contribution in [0.5, 0.6) is 0 Å². The van der Waals surface area contributed by atoms with E-state index in [9.17, 15) is 14.4 Å². The number of hydrogen-bond acceptors (Lipinski definition) is 6. The van der Waals surface area contributed by atoms with Gasteiger partial charge in [0.05, 0.1) is 18.7 Å². The minimum Gasteiger partial charge on any atom is -0.466 e. The Bertz CT molecular complexity index is 784. The molecule has 0 atom stereocenters. The lowest BCUT2D eigenvalue weighted by Crippen LogP contribution is -2.13. The summed E-state index contributed by atoms with van der Waals surface area (Å²) in [6, 6.07) is 7.54. The molecule has 0 aliphatic carbocycles. The van der Waals surface area contributed by atoms with Crippen LogP contribution in [0.25, 0.3) is 0 Å². The molecule has 1 aromatic carbocycles. The molecular formula is C20H24N2O4S. The molecule has 7 heteroatoms. The van der Waals surface area contributed by atoms with Crippen LogP contribution in [0.3, 0.4) is 0 Å². The number of benzene rings is 1. The maximum absolute atomic E-state index is 12.2. The third kappa shape index (κ3) is 6.94. The van der Waals surface area contributed by atoms with Crippen molar-refractivity contribution in [3.63, 3.8) is 0 Å². The van der Waals surface area contributed by atoms with Crippen LogP contribution >= 0.6 is 11.3 Å². The molecule has 144 valence electrons. The SMILES string of the molecule is CCCc1ccc(C(=O)CCC(=O)Nc2nc(CC(=O)OCC)cs2)cc1. The summed E-state index contributed by atoms with van der Waals surface area (Å²) in [4.78, 5) is 39.9. The summed E-state index contributed by atoms with van der Waals surface area (Å²) in [5, 5.41) is 4.78. The Kier molecular flexibility index (Phi) is 8.13. The predicted octanol–water partition coefficient (Wildman–Crippen LogP) is 3.80. The van der Waals surface area contributed by atoms with Gasteiger partial charge in [0.1, 0.15) is 0 Å². The topological polar surface area (TPSA) is 85.4 Å². The summed E-state index contributed by atoms with van der Waals surface area (Å²) in [6.45, 7) is 4.17. The average Bonchev–Trinajstić information content (AvgIpc) is 3.07. The van der Waals surface area contributed by atoms with Gasteiger partial charge in [-0.05, 0) is 18.9 Å². The number of hydrogen-bond donors (Lipinski definition) is 1. The Hall–Kier alpha value is -2.54. The van der Waals surface area contributed by atoms with Crippen molar-refractivity contribution in [3.05, 3.63) is 46.5 Å². The molecule has 27 heavy (non-hydrogen) atoms. The van der Waals surface area contributed by atoms with Gasteiger partial charge in [-0.1, -0.05) is 37.6 Å². The highest BCUT2D eigenvalue weighted by atomic mass is 32.1. The molecule has 0 spiro atoms. The zero-order chi connectivity index (χ0) is 19.6. The Morgan fingerprint density at radius 1 is 1.11 bits per heavy atom. The first kappa shape index (κ1) is 20.8. The maximum atomic E-state index is 12.2. The van der Waals surface area contributed by atoms with Gasteiger partial charge in [0.15, 0.2) is 10.9 Å². The molecule has 0 bridgehead atoms. The fourth-order valence-electron chi connectivity index (χ4n) is 2.50. The molecular weight excluding hydrogens is 364 g/mol. The van der Waals surface area contributed by atoms with Crippen molar-refractivity contribution in [2.24, 2.45) is 0 Å². The molecule has 0 radical (unpaired) electrons. The lowest BCUT2D eigenvalue weighted by molar-refractivity contribution is -0.142. The lowest BCUT2D eigenvalue weighted by Gasteiger charge is -2.04. The van der Waals surface area contributed by atoms with Crippen molar-refractivity contribution in [3.8, 4) is 0 Å². The van der Waals surface area contributed by atoms with E-state index in [1.165, 1.54) is 16.9 Å². The fourth-order valence-corrected chi connectivity index (χ4v) is 3.23. The van der Waals surface area contributed by atoms with E-state index < -0.39 is 0 Å². The number of ketones is 1. The molecule has 1 heterocycles. The van der Waals surface area contributed by atoms with Crippen LogP contribution in [0.15, 0.2) is 29.6 Å². The number of esters is 1. The number of Topliss-reactive ketones (excluding diaryl/α,β-unsaturated/α-hetero) is 1. The Labute approximate surface area is 163 Å². The van der Waals surface area contributed by atoms with Crippen molar-refractivity contribution in [2.75, 3.05) is 11.9 Å². The van der Waals surface area contributed by atoms with Crippen molar-refractivity contribution in [2.45, 2.75) is 46.0 Å². The number of aryl methyl sites for hydroxylation is 1. The number of nitrogens with one attached hydrogen (secondary N) is 1. The molecule has 6 nitrogen and oxygen atoms in total. The van der Waals surface area contributed by atoms with E-state index in [1.807, 2.05) is 24.3 Å². The van der Waals surface area contributed by atoms with Crippen LogP contribution in [-0.2, 0) is 27.2 Å². The second-order valence-electron chi connectivity index (χ2n) is 6.04. The number of aromatic nitrogens is 1. The van der Waals surface area contributed by atoms with E-state index in [0.29, 0.717) is 23.0 Å². The summed E-state index contributed by atoms with van der Waals surface area (Å²) < 4.78 is 4.86. The molecule has 0 unspecified atom stereocenters. The van der Waals surface area contributed by atoms with Crippen LogP contribution in [0.4, 0.5) is 5.13 Å². The van der Waals surface area contributed by atoms with Crippen molar-refractivity contribution >= 4 is 34.1 Å². The van der Waals surface area contributed by atoms with E-state index >= 15 is 0 Å². The molecule has 1 aromatic heterocycles. The van der Waals surface area contributed by atoms with Gasteiger partial charge in [-0.25, -0.2) is 4.98 Å². The van der Waals surface area contributed by atoms with Gasteiger partial charge in [0.2, 0.25) is 5.91 Å². The molecule has 1 amide bonds. The Morgan fingerprint density at radius 3 is 2.52 bits per heavy atom. The first-order valence-corrected chi connectivity index (χ1v) is 9.91. The number of rotatable bonds is 10. The largest absolute Gasteiger partial charge is 0.466 e. The second-order valence-corrected chi connectivity index (χ2v) is 6.90. The van der Waals surface area contributed by atoms with E-state index in [4.69, 9.17) is 4.74 Å². The summed E-state index contributed by atoms with van der Waals surface area (Å²) in [6.07, 6.45) is 2.35. The summed E-state index contributed by atoms with van der Waals surface area (Å²) in [7, 11) is 0. The van der Waals surface area contributed by atoms with Gasteiger partial charge < -0.3 is 10.1 Å². The van der Waals surface area contributed by atoms with Crippen molar-refractivity contribution in [1.29, 1.82) is 0 Å². The third-order valence-electron chi connectivity index (χ3n) is 3.82. The van der Waals surface area contributed by atoms with E-state index in [-0.39, 0.29) is 36.9 Å². The minimum atomic E-state index is -0.351. The van der Waals surface area contributed by atoms with Crippen LogP contribution in [0.1, 0.15) is 54.7 Å². The molecule has 1 N–H and O–H groups in total. The highest BCUT2D eigenvalue weighted by molar-refractivity contribution is 7.13. The van der Waals surface area contributed by atoms with Crippen LogP contribution in [-0.4, -0.2) is 29.3 Å². The van der Waals surface area contributed by atoms with E-state index in [2.05, 4.69) is 17.2 Å². The van der Waals surface area contributed by atoms with Gasteiger partial charge in [0, 0.05) is 23.8 Å². The molecule has 0 aliphatic rings. The van der Waals surface area contributed by atoms with Gasteiger partial charge in [-0.2, -0.15) is 0 Å². The normalized spacial score (nSPS) is 10.4. The molecule has 0 saturated heterocycles. The van der Waals surface area contributed by atoms with E-state index in [0.717, 1.165) is 12.8 Å². The molecule has 0 aliphatic heterocycles. The molecule has 2 aromatic rings. The maximum Gasteiger partial charge on any atom is 0.311 e. The minimum absolute atomic E-state index is 0.0599. The Morgan fingerprint density at radius 2 is 1.85 bits per heavy atom. The zero-order valence-corrected chi connectivity index (χ0v) is 16.4.